The van der Waals surface area contributed by atoms with Gasteiger partial charge in [0.25, 0.3) is 0 Å². The Balaban J connectivity index is 2.63. The summed E-state index contributed by atoms with van der Waals surface area (Å²) in [5.74, 6) is 0.174. The lowest BCUT2D eigenvalue weighted by Crippen LogP contribution is -2.54. The molecule has 0 aliphatic carbocycles. The van der Waals surface area contributed by atoms with Crippen LogP contribution in [0.5, 0.6) is 0 Å². The van der Waals surface area contributed by atoms with Crippen LogP contribution in [0.4, 0.5) is 0 Å². The highest BCUT2D eigenvalue weighted by atomic mass is 16.5. The molecule has 0 aromatic rings. The van der Waals surface area contributed by atoms with Gasteiger partial charge in [-0.05, 0) is 33.1 Å². The molecule has 1 aliphatic rings. The van der Waals surface area contributed by atoms with Crippen LogP contribution in [0.1, 0.15) is 33.1 Å². The van der Waals surface area contributed by atoms with E-state index in [1.54, 1.807) is 14.2 Å². The Bertz CT molecular complexity index is 273. The quantitative estimate of drug-likeness (QED) is 0.752. The van der Waals surface area contributed by atoms with Crippen LogP contribution >= 0.6 is 0 Å². The highest BCUT2D eigenvalue weighted by Gasteiger charge is 2.30. The van der Waals surface area contributed by atoms with Crippen molar-refractivity contribution in [3.8, 4) is 0 Å². The second-order valence-electron chi connectivity index (χ2n) is 5.38. The van der Waals surface area contributed by atoms with E-state index in [0.29, 0.717) is 25.8 Å². The number of carbonyl (C=O) groups excluding carboxylic acids is 1. The van der Waals surface area contributed by atoms with E-state index < -0.39 is 0 Å². The van der Waals surface area contributed by atoms with E-state index in [0.717, 1.165) is 19.3 Å². The Labute approximate surface area is 116 Å². The number of hydrogen-bond acceptors (Lipinski definition) is 4. The van der Waals surface area contributed by atoms with Gasteiger partial charge in [-0.3, -0.25) is 4.79 Å². The van der Waals surface area contributed by atoms with Gasteiger partial charge in [0.2, 0.25) is 5.91 Å². The number of rotatable bonds is 7. The number of hydrogen-bond donors (Lipinski definition) is 1. The topological polar surface area (TPSA) is 50.8 Å². The Morgan fingerprint density at radius 2 is 2.11 bits per heavy atom. The molecule has 0 spiro atoms. The van der Waals surface area contributed by atoms with Crippen molar-refractivity contribution < 1.29 is 14.3 Å². The highest BCUT2D eigenvalue weighted by Crippen LogP contribution is 2.15. The molecule has 0 bridgehead atoms. The molecule has 112 valence electrons. The van der Waals surface area contributed by atoms with Crippen molar-refractivity contribution in [1.82, 2.24) is 10.2 Å². The molecule has 1 amide bonds. The molecule has 0 radical (unpaired) electrons. The third kappa shape index (κ3) is 5.09. The summed E-state index contributed by atoms with van der Waals surface area (Å²) >= 11 is 0. The molecular weight excluding hydrogens is 244 g/mol. The molecule has 5 nitrogen and oxygen atoms in total. The zero-order valence-corrected chi connectivity index (χ0v) is 12.6. The van der Waals surface area contributed by atoms with Crippen LogP contribution in [0.2, 0.25) is 0 Å². The molecular formula is C14H28N2O3. The van der Waals surface area contributed by atoms with E-state index in [4.69, 9.17) is 9.47 Å². The summed E-state index contributed by atoms with van der Waals surface area (Å²) in [7, 11) is 3.32. The van der Waals surface area contributed by atoms with E-state index >= 15 is 0 Å². The molecule has 0 aromatic heterocycles. The van der Waals surface area contributed by atoms with Crippen molar-refractivity contribution in [2.75, 3.05) is 34.0 Å². The van der Waals surface area contributed by atoms with Crippen molar-refractivity contribution in [2.24, 2.45) is 0 Å². The van der Waals surface area contributed by atoms with Crippen LogP contribution in [0.25, 0.3) is 0 Å². The Kier molecular flexibility index (Phi) is 7.34. The molecule has 3 unspecified atom stereocenters. The van der Waals surface area contributed by atoms with E-state index in [-0.39, 0.29) is 18.0 Å². The van der Waals surface area contributed by atoms with Crippen LogP contribution in [0, 0.1) is 0 Å². The van der Waals surface area contributed by atoms with Gasteiger partial charge in [-0.1, -0.05) is 0 Å². The SMILES string of the molecule is COCCN(C(=O)C1CCCC(C)N1)C(C)COC. The summed E-state index contributed by atoms with van der Waals surface area (Å²) in [5, 5.41) is 3.40. The smallest absolute Gasteiger partial charge is 0.240 e. The van der Waals surface area contributed by atoms with Gasteiger partial charge < -0.3 is 19.7 Å². The molecule has 1 heterocycles. The van der Waals surface area contributed by atoms with Crippen LogP contribution in [-0.2, 0) is 14.3 Å². The van der Waals surface area contributed by atoms with Crippen molar-refractivity contribution in [3.63, 3.8) is 0 Å². The predicted molar refractivity (Wildman–Crippen MR) is 75.2 cm³/mol. The molecule has 0 aromatic carbocycles. The maximum Gasteiger partial charge on any atom is 0.240 e. The number of nitrogens with one attached hydrogen (secondary N) is 1. The van der Waals surface area contributed by atoms with Crippen molar-refractivity contribution in [2.45, 2.75) is 51.2 Å². The minimum atomic E-state index is -0.0556. The lowest BCUT2D eigenvalue weighted by Gasteiger charge is -2.35. The average molecular weight is 272 g/mol. The summed E-state index contributed by atoms with van der Waals surface area (Å²) in [6, 6.07) is 0.441. The van der Waals surface area contributed by atoms with Gasteiger partial charge in [-0.15, -0.1) is 0 Å². The Hall–Kier alpha value is -0.650. The zero-order chi connectivity index (χ0) is 14.3. The molecule has 0 saturated carbocycles. The van der Waals surface area contributed by atoms with Gasteiger partial charge in [0.15, 0.2) is 0 Å². The summed E-state index contributed by atoms with van der Waals surface area (Å²) in [6.45, 7) is 5.88. The first kappa shape index (κ1) is 16.4. The third-order valence-corrected chi connectivity index (χ3v) is 3.67. The largest absolute Gasteiger partial charge is 0.383 e. The Morgan fingerprint density at radius 1 is 1.37 bits per heavy atom. The van der Waals surface area contributed by atoms with E-state index in [1.807, 2.05) is 11.8 Å². The fourth-order valence-corrected chi connectivity index (χ4v) is 2.60. The summed E-state index contributed by atoms with van der Waals surface area (Å²) in [5.41, 5.74) is 0. The highest BCUT2D eigenvalue weighted by molar-refractivity contribution is 5.82. The lowest BCUT2D eigenvalue weighted by atomic mass is 9.98. The van der Waals surface area contributed by atoms with Crippen LogP contribution < -0.4 is 5.32 Å². The fourth-order valence-electron chi connectivity index (χ4n) is 2.60. The van der Waals surface area contributed by atoms with E-state index in [1.165, 1.54) is 0 Å². The molecule has 1 aliphatic heterocycles. The van der Waals surface area contributed by atoms with Gasteiger partial charge >= 0.3 is 0 Å². The molecule has 19 heavy (non-hydrogen) atoms. The first-order chi connectivity index (χ1) is 9.10. The number of carbonyl (C=O) groups is 1. The standard InChI is InChI=1S/C14H28N2O3/c1-11-6-5-7-13(15-11)14(17)16(8-9-18-3)12(2)10-19-4/h11-13,15H,5-10H2,1-4H3. The molecule has 1 N–H and O–H groups in total. The fraction of sp³-hybridized carbons (Fsp3) is 0.929. The molecule has 5 heteroatoms. The first-order valence-electron chi connectivity index (χ1n) is 7.14. The minimum absolute atomic E-state index is 0.0556. The Morgan fingerprint density at radius 3 is 2.68 bits per heavy atom. The van der Waals surface area contributed by atoms with Crippen molar-refractivity contribution >= 4 is 5.91 Å². The summed E-state index contributed by atoms with van der Waals surface area (Å²) in [4.78, 5) is 14.5. The van der Waals surface area contributed by atoms with E-state index in [9.17, 15) is 4.79 Å². The van der Waals surface area contributed by atoms with Gasteiger partial charge in [0, 0.05) is 26.8 Å². The maximum atomic E-state index is 12.6. The molecule has 3 atom stereocenters. The van der Waals surface area contributed by atoms with E-state index in [2.05, 4.69) is 12.2 Å². The summed E-state index contributed by atoms with van der Waals surface area (Å²) in [6.07, 6.45) is 3.18. The third-order valence-electron chi connectivity index (χ3n) is 3.67. The molecule has 1 rings (SSSR count). The second kappa shape index (κ2) is 8.51. The molecule has 1 saturated heterocycles. The van der Waals surface area contributed by atoms with Crippen molar-refractivity contribution in [1.29, 1.82) is 0 Å². The predicted octanol–water partition coefficient (Wildman–Crippen LogP) is 1.03. The normalized spacial score (nSPS) is 25.1. The van der Waals surface area contributed by atoms with Crippen LogP contribution in [-0.4, -0.2) is 62.9 Å². The molecule has 1 fully saturated rings. The van der Waals surface area contributed by atoms with Gasteiger partial charge in [0.1, 0.15) is 0 Å². The van der Waals surface area contributed by atoms with Gasteiger partial charge in [0.05, 0.1) is 25.3 Å². The first-order valence-corrected chi connectivity index (χ1v) is 7.14. The van der Waals surface area contributed by atoms with Crippen LogP contribution in [0.3, 0.4) is 0 Å². The maximum absolute atomic E-state index is 12.6. The lowest BCUT2D eigenvalue weighted by molar-refractivity contribution is -0.138. The number of amides is 1. The zero-order valence-electron chi connectivity index (χ0n) is 12.6. The second-order valence-corrected chi connectivity index (χ2v) is 5.38. The van der Waals surface area contributed by atoms with Gasteiger partial charge in [-0.25, -0.2) is 0 Å². The number of piperidine rings is 1. The van der Waals surface area contributed by atoms with Crippen molar-refractivity contribution in [3.05, 3.63) is 0 Å². The average Bonchev–Trinajstić information content (AvgIpc) is 2.39. The number of nitrogens with zero attached hydrogens (tertiary/aromatic N) is 1. The minimum Gasteiger partial charge on any atom is -0.383 e. The summed E-state index contributed by atoms with van der Waals surface area (Å²) < 4.78 is 10.3. The van der Waals surface area contributed by atoms with Crippen LogP contribution in [0.15, 0.2) is 0 Å². The number of methoxy groups -OCH3 is 2. The van der Waals surface area contributed by atoms with Gasteiger partial charge in [-0.2, -0.15) is 0 Å². The number of ether oxygens (including phenoxy) is 2. The monoisotopic (exact) mass is 272 g/mol.